The van der Waals surface area contributed by atoms with Gasteiger partial charge in [-0.1, -0.05) is 37.3 Å². The molecular formula is C27H31IN2O7. The highest BCUT2D eigenvalue weighted by Crippen LogP contribution is 2.37. The van der Waals surface area contributed by atoms with Gasteiger partial charge in [-0.25, -0.2) is 0 Å². The number of rotatable bonds is 11. The van der Waals surface area contributed by atoms with E-state index in [1.165, 1.54) is 19.3 Å². The zero-order chi connectivity index (χ0) is 26.9. The Bertz CT molecular complexity index is 1140. The van der Waals surface area contributed by atoms with E-state index < -0.39 is 24.2 Å². The lowest BCUT2D eigenvalue weighted by atomic mass is 9.87. The molecular weight excluding hydrogens is 591 g/mol. The highest BCUT2D eigenvalue weighted by molar-refractivity contribution is 14.1. The number of halogens is 1. The Morgan fingerprint density at radius 3 is 2.59 bits per heavy atom. The number of hydrogen-bond donors (Lipinski definition) is 3. The first-order valence-corrected chi connectivity index (χ1v) is 13.0. The van der Waals surface area contributed by atoms with E-state index in [0.717, 1.165) is 5.56 Å². The summed E-state index contributed by atoms with van der Waals surface area (Å²) in [5, 5.41) is 23.3. The van der Waals surface area contributed by atoms with Crippen LogP contribution in [0, 0.1) is 3.57 Å². The lowest BCUT2D eigenvalue weighted by Gasteiger charge is -2.40. The summed E-state index contributed by atoms with van der Waals surface area (Å²) in [5.74, 6) is 0.0160. The number of amides is 2. The number of aliphatic hydroxyl groups excluding tert-OH is 2. The Morgan fingerprint density at radius 2 is 1.97 bits per heavy atom. The topological polar surface area (TPSA) is 125 Å². The molecule has 1 aliphatic rings. The standard InChI is InChI=1S/C27H31IN2O7/c1-3-24(33)30(15-17-7-5-4-6-8-17)21-13-19(27(35)29-9-10-31)14-22(25(21)34)37-26-20(28)11-18(16-32)12-23(26)36-2/h4-8,11-12,14,16,21-22,25,31,34H,3,9-10,13,15H2,1-2H3,(H,29,35). The summed E-state index contributed by atoms with van der Waals surface area (Å²) >= 11 is 2.01. The minimum Gasteiger partial charge on any atom is -0.493 e. The predicted octanol–water partition coefficient (Wildman–Crippen LogP) is 2.47. The molecule has 10 heteroatoms. The van der Waals surface area contributed by atoms with Crippen molar-refractivity contribution >= 4 is 40.7 Å². The number of benzene rings is 2. The molecule has 0 heterocycles. The van der Waals surface area contributed by atoms with Gasteiger partial charge in [-0.2, -0.15) is 0 Å². The quantitative estimate of drug-likeness (QED) is 0.260. The Balaban J connectivity index is 2.02. The molecule has 2 amide bonds. The smallest absolute Gasteiger partial charge is 0.247 e. The van der Waals surface area contributed by atoms with Crippen molar-refractivity contribution in [3.05, 3.63) is 68.8 Å². The molecule has 0 saturated carbocycles. The van der Waals surface area contributed by atoms with Crippen LogP contribution in [0.25, 0.3) is 0 Å². The third-order valence-corrected chi connectivity index (χ3v) is 6.88. The normalized spacial score (nSPS) is 18.9. The zero-order valence-corrected chi connectivity index (χ0v) is 22.9. The van der Waals surface area contributed by atoms with Crippen LogP contribution < -0.4 is 14.8 Å². The highest BCUT2D eigenvalue weighted by Gasteiger charge is 2.40. The third-order valence-electron chi connectivity index (χ3n) is 6.08. The second-order valence-corrected chi connectivity index (χ2v) is 9.69. The summed E-state index contributed by atoms with van der Waals surface area (Å²) in [5.41, 5.74) is 1.61. The first-order valence-electron chi connectivity index (χ1n) is 11.9. The fourth-order valence-electron chi connectivity index (χ4n) is 4.21. The van der Waals surface area contributed by atoms with Crippen molar-refractivity contribution in [1.82, 2.24) is 10.2 Å². The second kappa shape index (κ2) is 13.5. The minimum atomic E-state index is -1.17. The van der Waals surface area contributed by atoms with Gasteiger partial charge >= 0.3 is 0 Å². The summed E-state index contributed by atoms with van der Waals surface area (Å²) < 4.78 is 12.2. The summed E-state index contributed by atoms with van der Waals surface area (Å²) in [6.07, 6.45) is 0.391. The largest absolute Gasteiger partial charge is 0.493 e. The van der Waals surface area contributed by atoms with Crippen molar-refractivity contribution in [2.45, 2.75) is 44.6 Å². The van der Waals surface area contributed by atoms with Crippen LogP contribution in [-0.4, -0.2) is 71.7 Å². The van der Waals surface area contributed by atoms with Gasteiger partial charge in [-0.05, 0) is 46.4 Å². The minimum absolute atomic E-state index is 0.0649. The highest BCUT2D eigenvalue weighted by atomic mass is 127. The molecule has 1 aliphatic carbocycles. The SMILES string of the molecule is CCC(=O)N(Cc1ccccc1)C1CC(C(=O)NCCO)=CC(Oc2c(I)cc(C=O)cc2OC)C1O. The van der Waals surface area contributed by atoms with Crippen LogP contribution in [0.5, 0.6) is 11.5 Å². The molecule has 9 nitrogen and oxygen atoms in total. The van der Waals surface area contributed by atoms with Crippen molar-refractivity contribution in [2.75, 3.05) is 20.3 Å². The first kappa shape index (κ1) is 28.6. The van der Waals surface area contributed by atoms with Crippen LogP contribution in [0.4, 0.5) is 0 Å². The van der Waals surface area contributed by atoms with Crippen LogP contribution in [0.3, 0.4) is 0 Å². The van der Waals surface area contributed by atoms with Gasteiger partial charge < -0.3 is 29.9 Å². The first-order chi connectivity index (χ1) is 17.8. The van der Waals surface area contributed by atoms with E-state index in [9.17, 15) is 19.5 Å². The van der Waals surface area contributed by atoms with Gasteiger partial charge in [0.05, 0.1) is 23.3 Å². The molecule has 3 atom stereocenters. The van der Waals surface area contributed by atoms with E-state index in [2.05, 4.69) is 5.32 Å². The molecule has 3 unspecified atom stereocenters. The Labute approximate surface area is 229 Å². The van der Waals surface area contributed by atoms with E-state index in [0.29, 0.717) is 32.5 Å². The predicted molar refractivity (Wildman–Crippen MR) is 145 cm³/mol. The van der Waals surface area contributed by atoms with E-state index >= 15 is 0 Å². The summed E-state index contributed by atoms with van der Waals surface area (Å²) in [6.45, 7) is 1.84. The summed E-state index contributed by atoms with van der Waals surface area (Å²) in [6, 6.07) is 11.8. The number of methoxy groups -OCH3 is 1. The average molecular weight is 622 g/mol. The Morgan fingerprint density at radius 1 is 1.24 bits per heavy atom. The van der Waals surface area contributed by atoms with Gasteiger partial charge in [-0.15, -0.1) is 0 Å². The number of aldehydes is 1. The third kappa shape index (κ3) is 7.08. The van der Waals surface area contributed by atoms with E-state index in [4.69, 9.17) is 14.6 Å². The van der Waals surface area contributed by atoms with Crippen LogP contribution in [0.15, 0.2) is 54.1 Å². The van der Waals surface area contributed by atoms with Gasteiger partial charge in [0.25, 0.3) is 0 Å². The number of ether oxygens (including phenoxy) is 2. The van der Waals surface area contributed by atoms with Gasteiger partial charge in [0.2, 0.25) is 11.8 Å². The lowest BCUT2D eigenvalue weighted by molar-refractivity contribution is -0.139. The molecule has 0 fully saturated rings. The molecule has 0 radical (unpaired) electrons. The van der Waals surface area contributed by atoms with E-state index in [1.807, 2.05) is 52.9 Å². The number of carbonyl (C=O) groups excluding carboxylic acids is 3. The van der Waals surface area contributed by atoms with Gasteiger partial charge in [0.1, 0.15) is 18.5 Å². The molecule has 0 bridgehead atoms. The maximum Gasteiger partial charge on any atom is 0.247 e. The molecule has 0 saturated heterocycles. The monoisotopic (exact) mass is 622 g/mol. The Kier molecular flexibility index (Phi) is 10.5. The van der Waals surface area contributed by atoms with Gasteiger partial charge in [0, 0.05) is 37.1 Å². The molecule has 3 rings (SSSR count). The summed E-state index contributed by atoms with van der Waals surface area (Å²) in [7, 11) is 1.44. The number of aliphatic hydroxyl groups is 2. The van der Waals surface area contributed by atoms with Crippen molar-refractivity contribution in [3.8, 4) is 11.5 Å². The van der Waals surface area contributed by atoms with Crippen LogP contribution in [0.1, 0.15) is 35.7 Å². The summed E-state index contributed by atoms with van der Waals surface area (Å²) in [4.78, 5) is 38.9. The molecule has 2 aromatic carbocycles. The molecule has 198 valence electrons. The van der Waals surface area contributed by atoms with Crippen molar-refractivity contribution < 1.29 is 34.1 Å². The number of carbonyl (C=O) groups is 3. The van der Waals surface area contributed by atoms with Crippen molar-refractivity contribution in [2.24, 2.45) is 0 Å². The van der Waals surface area contributed by atoms with Gasteiger partial charge in [-0.3, -0.25) is 14.4 Å². The van der Waals surface area contributed by atoms with Crippen LogP contribution in [-0.2, 0) is 16.1 Å². The molecule has 2 aromatic rings. The molecule has 37 heavy (non-hydrogen) atoms. The molecule has 3 N–H and O–H groups in total. The maximum atomic E-state index is 13.1. The van der Waals surface area contributed by atoms with Crippen molar-refractivity contribution in [3.63, 3.8) is 0 Å². The van der Waals surface area contributed by atoms with Gasteiger partial charge in [0.15, 0.2) is 11.5 Å². The fraction of sp³-hybridized carbons (Fsp3) is 0.370. The van der Waals surface area contributed by atoms with Crippen LogP contribution in [0.2, 0.25) is 0 Å². The fourth-order valence-corrected chi connectivity index (χ4v) is 4.96. The second-order valence-electron chi connectivity index (χ2n) is 8.53. The number of hydrogen-bond acceptors (Lipinski definition) is 7. The van der Waals surface area contributed by atoms with Crippen molar-refractivity contribution in [1.29, 1.82) is 0 Å². The molecule has 0 aliphatic heterocycles. The van der Waals surface area contributed by atoms with E-state index in [-0.39, 0.29) is 38.4 Å². The van der Waals surface area contributed by atoms with Crippen LogP contribution >= 0.6 is 22.6 Å². The number of nitrogens with zero attached hydrogens (tertiary/aromatic N) is 1. The Hall–Kier alpha value is -2.96. The molecule has 0 aromatic heterocycles. The zero-order valence-electron chi connectivity index (χ0n) is 20.7. The molecule has 0 spiro atoms. The average Bonchev–Trinajstić information content (AvgIpc) is 2.92. The van der Waals surface area contributed by atoms with E-state index in [1.54, 1.807) is 17.9 Å². The lowest BCUT2D eigenvalue weighted by Crippen LogP contribution is -2.54. The number of nitrogens with one attached hydrogen (secondary N) is 1. The maximum absolute atomic E-state index is 13.1.